The molecule has 1 saturated carbocycles. The Morgan fingerprint density at radius 1 is 0.864 bits per heavy atom. The van der Waals surface area contributed by atoms with Gasteiger partial charge in [0, 0.05) is 21.1 Å². The molecule has 0 radical (unpaired) electrons. The highest BCUT2D eigenvalue weighted by molar-refractivity contribution is 8.18. The minimum absolute atomic E-state index is 0.0140. The summed E-state index contributed by atoms with van der Waals surface area (Å²) >= 11 is 3.67. The van der Waals surface area contributed by atoms with Crippen molar-refractivity contribution in [2.75, 3.05) is 0 Å². The van der Waals surface area contributed by atoms with Crippen LogP contribution >= 0.6 is 23.5 Å². The summed E-state index contributed by atoms with van der Waals surface area (Å²) in [6.45, 7) is 6.15. The van der Waals surface area contributed by atoms with Gasteiger partial charge in [-0.15, -0.1) is 23.5 Å². The number of hydrogen-bond acceptors (Lipinski definition) is 3. The average Bonchev–Trinajstić information content (AvgIpc) is 2.95. The van der Waals surface area contributed by atoms with Gasteiger partial charge in [0.2, 0.25) is 0 Å². The molecule has 1 nitrogen and oxygen atoms in total. The molecule has 3 heteroatoms. The quantitative estimate of drug-likeness (QED) is 0.673. The Balaban J connectivity index is 1.95. The molecule has 0 amide bonds. The van der Waals surface area contributed by atoms with Gasteiger partial charge in [0.05, 0.1) is 4.08 Å². The minimum Gasteiger partial charge on any atom is -0.300 e. The first-order valence-corrected chi connectivity index (χ1v) is 9.09. The van der Waals surface area contributed by atoms with Crippen LogP contribution in [0.15, 0.2) is 70.5 Å². The summed E-state index contributed by atoms with van der Waals surface area (Å²) in [5.41, 5.74) is -0.0140. The lowest BCUT2D eigenvalue weighted by atomic mass is 10.1. The number of thioether (sulfide) groups is 2. The molecule has 1 unspecified atom stereocenters. The predicted octanol–water partition coefficient (Wildman–Crippen LogP) is 5.51. The van der Waals surface area contributed by atoms with Gasteiger partial charge >= 0.3 is 0 Å². The van der Waals surface area contributed by atoms with Gasteiger partial charge in [-0.05, 0) is 31.2 Å². The first kappa shape index (κ1) is 15.7. The molecule has 2 aromatic carbocycles. The molecule has 3 rings (SSSR count). The maximum Gasteiger partial charge on any atom is 0.135 e. The average molecular weight is 329 g/mol. The van der Waals surface area contributed by atoms with Crippen molar-refractivity contribution < 1.29 is 4.79 Å². The molecule has 0 saturated heterocycles. The van der Waals surface area contributed by atoms with Crippen molar-refractivity contribution in [1.29, 1.82) is 0 Å². The molecule has 22 heavy (non-hydrogen) atoms. The van der Waals surface area contributed by atoms with E-state index in [0.29, 0.717) is 0 Å². The highest BCUT2D eigenvalue weighted by Gasteiger charge is 2.74. The van der Waals surface area contributed by atoms with E-state index >= 15 is 0 Å². The van der Waals surface area contributed by atoms with E-state index in [-0.39, 0.29) is 21.2 Å². The normalized spacial score (nSPS) is 21.3. The lowest BCUT2D eigenvalue weighted by Gasteiger charge is -2.20. The van der Waals surface area contributed by atoms with E-state index in [1.54, 1.807) is 6.92 Å². The number of benzene rings is 2. The Labute approximate surface area is 140 Å². The Bertz CT molecular complexity index is 623. The molecule has 0 N–H and O–H groups in total. The van der Waals surface area contributed by atoms with Crippen LogP contribution < -0.4 is 0 Å². The minimum atomic E-state index is -0.123. The fraction of sp³-hybridized carbons (Fsp3) is 0.316. The van der Waals surface area contributed by atoms with E-state index in [1.165, 1.54) is 9.79 Å². The molecule has 1 atom stereocenters. The molecule has 0 aromatic heterocycles. The second-order valence-corrected chi connectivity index (χ2v) is 9.16. The number of hydrogen-bond donors (Lipinski definition) is 0. The summed E-state index contributed by atoms with van der Waals surface area (Å²) in [6, 6.07) is 20.8. The number of carbonyl (C=O) groups excluding carboxylic acids is 1. The molecule has 2 aromatic rings. The van der Waals surface area contributed by atoms with Crippen molar-refractivity contribution >= 4 is 29.3 Å². The van der Waals surface area contributed by atoms with Gasteiger partial charge in [-0.25, -0.2) is 0 Å². The molecule has 0 aliphatic heterocycles. The van der Waals surface area contributed by atoms with E-state index < -0.39 is 0 Å². The lowest BCUT2D eigenvalue weighted by molar-refractivity contribution is -0.118. The Morgan fingerprint density at radius 3 is 1.59 bits per heavy atom. The van der Waals surface area contributed by atoms with Gasteiger partial charge in [0.1, 0.15) is 5.78 Å². The molecule has 1 fully saturated rings. The van der Waals surface area contributed by atoms with Crippen molar-refractivity contribution in [3.8, 4) is 0 Å². The second-order valence-electron chi connectivity index (χ2n) is 6.26. The van der Waals surface area contributed by atoms with E-state index in [0.717, 1.165) is 0 Å². The van der Waals surface area contributed by atoms with Gasteiger partial charge in [0.15, 0.2) is 0 Å². The number of ketones is 1. The second kappa shape index (κ2) is 5.78. The molecular formula is C19H20OS2. The highest BCUT2D eigenvalue weighted by Crippen LogP contribution is 2.77. The van der Waals surface area contributed by atoms with Crippen LogP contribution in [0.1, 0.15) is 20.8 Å². The molecule has 0 heterocycles. The van der Waals surface area contributed by atoms with Gasteiger partial charge in [-0.2, -0.15) is 0 Å². The predicted molar refractivity (Wildman–Crippen MR) is 95.3 cm³/mol. The Kier molecular flexibility index (Phi) is 4.13. The van der Waals surface area contributed by atoms with E-state index in [4.69, 9.17) is 0 Å². The Morgan fingerprint density at radius 2 is 1.27 bits per heavy atom. The van der Waals surface area contributed by atoms with Crippen LogP contribution in [0.4, 0.5) is 0 Å². The van der Waals surface area contributed by atoms with E-state index in [2.05, 4.69) is 62.4 Å². The summed E-state index contributed by atoms with van der Waals surface area (Å²) in [6.07, 6.45) is 0. The smallest absolute Gasteiger partial charge is 0.135 e. The van der Waals surface area contributed by atoms with Crippen molar-refractivity contribution in [3.63, 3.8) is 0 Å². The molecule has 1 aliphatic carbocycles. The molecule has 0 spiro atoms. The third kappa shape index (κ3) is 2.61. The maximum atomic E-state index is 12.2. The summed E-state index contributed by atoms with van der Waals surface area (Å²) in [7, 11) is 0. The number of carbonyl (C=O) groups is 1. The fourth-order valence-corrected chi connectivity index (χ4v) is 7.02. The van der Waals surface area contributed by atoms with Crippen molar-refractivity contribution in [1.82, 2.24) is 0 Å². The van der Waals surface area contributed by atoms with Crippen molar-refractivity contribution in [2.45, 2.75) is 34.6 Å². The lowest BCUT2D eigenvalue weighted by Crippen LogP contribution is -2.08. The SMILES string of the molecule is CC(=O)C1C(C)(C)C1(Sc1ccccc1)Sc1ccccc1. The zero-order valence-corrected chi connectivity index (χ0v) is 14.7. The largest absolute Gasteiger partial charge is 0.300 e. The molecule has 0 bridgehead atoms. The van der Waals surface area contributed by atoms with Crippen LogP contribution in [0.3, 0.4) is 0 Å². The van der Waals surface area contributed by atoms with Gasteiger partial charge < -0.3 is 0 Å². The third-order valence-electron chi connectivity index (χ3n) is 4.35. The topological polar surface area (TPSA) is 17.1 Å². The van der Waals surface area contributed by atoms with Crippen LogP contribution in [0.5, 0.6) is 0 Å². The van der Waals surface area contributed by atoms with Gasteiger partial charge in [-0.3, -0.25) is 4.79 Å². The Hall–Kier alpha value is -1.19. The van der Waals surface area contributed by atoms with Crippen LogP contribution in [0.25, 0.3) is 0 Å². The summed E-state index contributed by atoms with van der Waals surface area (Å²) in [4.78, 5) is 14.6. The van der Waals surface area contributed by atoms with Crippen LogP contribution in [0.2, 0.25) is 0 Å². The summed E-state index contributed by atoms with van der Waals surface area (Å²) in [5.74, 6) is 0.368. The molecular weight excluding hydrogens is 308 g/mol. The van der Waals surface area contributed by atoms with E-state index in [1.807, 2.05) is 35.7 Å². The van der Waals surface area contributed by atoms with Gasteiger partial charge in [-0.1, -0.05) is 50.2 Å². The maximum absolute atomic E-state index is 12.2. The number of Topliss-reactive ketones (excluding diaryl/α,β-unsaturated/α-hetero) is 1. The van der Waals surface area contributed by atoms with Crippen molar-refractivity contribution in [3.05, 3.63) is 60.7 Å². The number of rotatable bonds is 5. The fourth-order valence-electron chi connectivity index (χ4n) is 3.19. The van der Waals surface area contributed by atoms with Crippen LogP contribution in [-0.2, 0) is 4.79 Å². The van der Waals surface area contributed by atoms with Gasteiger partial charge in [0.25, 0.3) is 0 Å². The first-order valence-electron chi connectivity index (χ1n) is 7.46. The third-order valence-corrected chi connectivity index (χ3v) is 7.99. The van der Waals surface area contributed by atoms with Crippen LogP contribution in [0, 0.1) is 11.3 Å². The monoisotopic (exact) mass is 328 g/mol. The van der Waals surface area contributed by atoms with Crippen LogP contribution in [-0.4, -0.2) is 9.86 Å². The molecule has 1 aliphatic rings. The van der Waals surface area contributed by atoms with Crippen molar-refractivity contribution in [2.24, 2.45) is 11.3 Å². The first-order chi connectivity index (χ1) is 10.5. The summed E-state index contributed by atoms with van der Waals surface area (Å²) in [5, 5.41) is 0. The zero-order valence-electron chi connectivity index (χ0n) is 13.1. The summed E-state index contributed by atoms with van der Waals surface area (Å²) < 4.78 is -0.123. The highest BCUT2D eigenvalue weighted by atomic mass is 32.2. The van der Waals surface area contributed by atoms with E-state index in [9.17, 15) is 4.79 Å². The molecule has 114 valence electrons. The standard InChI is InChI=1S/C19H20OS2/c1-14(20)17-18(2,3)19(17,21-15-10-6-4-7-11-15)22-16-12-8-5-9-13-16/h4-13,17H,1-3H3. The zero-order chi connectivity index (χ0) is 15.8.